The van der Waals surface area contributed by atoms with Gasteiger partial charge in [-0.3, -0.25) is 9.48 Å². The molecular formula is C10H13N3O. The first kappa shape index (κ1) is 10.5. The van der Waals surface area contributed by atoms with E-state index < -0.39 is 0 Å². The lowest BCUT2D eigenvalue weighted by atomic mass is 10.2. The van der Waals surface area contributed by atoms with E-state index in [-0.39, 0.29) is 0 Å². The van der Waals surface area contributed by atoms with Crippen LogP contribution >= 0.6 is 0 Å². The summed E-state index contributed by atoms with van der Waals surface area (Å²) in [6.07, 6.45) is 5.36. The molecule has 0 N–H and O–H groups in total. The molecule has 0 aromatic carbocycles. The van der Waals surface area contributed by atoms with Crippen LogP contribution in [-0.4, -0.2) is 16.1 Å². The molecule has 1 aromatic heterocycles. The molecule has 0 aliphatic carbocycles. The number of aldehydes is 1. The Labute approximate surface area is 83.1 Å². The lowest BCUT2D eigenvalue weighted by Gasteiger charge is -2.01. The molecule has 14 heavy (non-hydrogen) atoms. The number of carbonyl (C=O) groups is 1. The van der Waals surface area contributed by atoms with E-state index >= 15 is 0 Å². The van der Waals surface area contributed by atoms with Gasteiger partial charge < -0.3 is 0 Å². The van der Waals surface area contributed by atoms with Gasteiger partial charge in [-0.05, 0) is 6.42 Å². The maximum atomic E-state index is 10.7. The fourth-order valence-corrected chi connectivity index (χ4v) is 1.30. The predicted molar refractivity (Wildman–Crippen MR) is 51.9 cm³/mol. The van der Waals surface area contributed by atoms with Crippen molar-refractivity contribution in [3.63, 3.8) is 0 Å². The van der Waals surface area contributed by atoms with E-state index in [0.29, 0.717) is 24.1 Å². The minimum atomic E-state index is 0.358. The Kier molecular flexibility index (Phi) is 3.86. The van der Waals surface area contributed by atoms with Gasteiger partial charge in [0.25, 0.3) is 0 Å². The summed E-state index contributed by atoms with van der Waals surface area (Å²) in [5, 5.41) is 12.7. The molecule has 0 spiro atoms. The Balaban J connectivity index is 2.72. The molecule has 0 amide bonds. The lowest BCUT2D eigenvalue weighted by molar-refractivity contribution is 0.111. The first-order valence-electron chi connectivity index (χ1n) is 4.74. The Morgan fingerprint density at radius 1 is 1.64 bits per heavy atom. The molecule has 0 atom stereocenters. The molecule has 1 rings (SSSR count). The van der Waals surface area contributed by atoms with Crippen LogP contribution in [0.2, 0.25) is 0 Å². The Morgan fingerprint density at radius 3 is 3.00 bits per heavy atom. The molecule has 0 aliphatic heterocycles. The second-order valence-electron chi connectivity index (χ2n) is 3.10. The van der Waals surface area contributed by atoms with Crippen molar-refractivity contribution in [1.29, 1.82) is 5.26 Å². The molecule has 4 nitrogen and oxygen atoms in total. The van der Waals surface area contributed by atoms with Crippen molar-refractivity contribution in [2.75, 3.05) is 0 Å². The SMILES string of the molecule is CCCCCn1ncc(C#N)c1C=O. The van der Waals surface area contributed by atoms with Crippen molar-refractivity contribution >= 4 is 6.29 Å². The van der Waals surface area contributed by atoms with Gasteiger partial charge in [0.05, 0.1) is 6.20 Å². The van der Waals surface area contributed by atoms with Crippen LogP contribution in [0.3, 0.4) is 0 Å². The number of aromatic nitrogens is 2. The average Bonchev–Trinajstić information content (AvgIpc) is 2.60. The zero-order chi connectivity index (χ0) is 10.4. The fraction of sp³-hybridized carbons (Fsp3) is 0.500. The van der Waals surface area contributed by atoms with E-state index in [4.69, 9.17) is 5.26 Å². The van der Waals surface area contributed by atoms with Gasteiger partial charge in [-0.25, -0.2) is 0 Å². The monoisotopic (exact) mass is 191 g/mol. The smallest absolute Gasteiger partial charge is 0.169 e. The molecule has 74 valence electrons. The minimum Gasteiger partial charge on any atom is -0.296 e. The Morgan fingerprint density at radius 2 is 2.43 bits per heavy atom. The van der Waals surface area contributed by atoms with Crippen LogP contribution in [0.5, 0.6) is 0 Å². The third kappa shape index (κ3) is 2.19. The molecular weight excluding hydrogens is 178 g/mol. The van der Waals surface area contributed by atoms with Crippen molar-refractivity contribution in [2.24, 2.45) is 0 Å². The summed E-state index contributed by atoms with van der Waals surface area (Å²) in [6.45, 7) is 2.83. The molecule has 0 unspecified atom stereocenters. The van der Waals surface area contributed by atoms with Crippen molar-refractivity contribution in [3.8, 4) is 6.07 Å². The van der Waals surface area contributed by atoms with Crippen molar-refractivity contribution in [3.05, 3.63) is 17.5 Å². The van der Waals surface area contributed by atoms with Gasteiger partial charge >= 0.3 is 0 Å². The van der Waals surface area contributed by atoms with E-state index in [2.05, 4.69) is 12.0 Å². The molecule has 1 aromatic rings. The summed E-state index contributed by atoms with van der Waals surface area (Å²) >= 11 is 0. The predicted octanol–water partition coefficient (Wildman–Crippen LogP) is 1.76. The summed E-state index contributed by atoms with van der Waals surface area (Å²) in [6, 6.07) is 1.94. The third-order valence-corrected chi connectivity index (χ3v) is 2.09. The van der Waals surface area contributed by atoms with Gasteiger partial charge in [0.1, 0.15) is 17.3 Å². The molecule has 0 fully saturated rings. The second-order valence-corrected chi connectivity index (χ2v) is 3.10. The summed E-state index contributed by atoms with van der Waals surface area (Å²) < 4.78 is 1.60. The minimum absolute atomic E-state index is 0.358. The summed E-state index contributed by atoms with van der Waals surface area (Å²) in [7, 11) is 0. The highest BCUT2D eigenvalue weighted by atomic mass is 16.1. The standard InChI is InChI=1S/C10H13N3O/c1-2-3-4-5-13-10(8-14)9(6-11)7-12-13/h7-8H,2-5H2,1H3. The van der Waals surface area contributed by atoms with Gasteiger partial charge in [-0.2, -0.15) is 10.4 Å². The molecule has 0 saturated carbocycles. The van der Waals surface area contributed by atoms with Gasteiger partial charge in [0, 0.05) is 6.54 Å². The summed E-state index contributed by atoms with van der Waals surface area (Å²) in [5.41, 5.74) is 0.750. The van der Waals surface area contributed by atoms with Crippen molar-refractivity contribution in [2.45, 2.75) is 32.7 Å². The molecule has 4 heteroatoms. The van der Waals surface area contributed by atoms with E-state index in [1.807, 2.05) is 6.07 Å². The maximum Gasteiger partial charge on any atom is 0.169 e. The number of carbonyl (C=O) groups excluding carboxylic acids is 1. The van der Waals surface area contributed by atoms with E-state index in [1.165, 1.54) is 6.20 Å². The Bertz CT molecular complexity index is 349. The first-order valence-corrected chi connectivity index (χ1v) is 4.74. The highest BCUT2D eigenvalue weighted by Crippen LogP contribution is 2.06. The van der Waals surface area contributed by atoms with E-state index in [0.717, 1.165) is 19.3 Å². The average molecular weight is 191 g/mol. The van der Waals surface area contributed by atoms with Gasteiger partial charge in [-0.15, -0.1) is 0 Å². The number of rotatable bonds is 5. The van der Waals surface area contributed by atoms with Crippen LogP contribution in [0.25, 0.3) is 0 Å². The number of hydrogen-bond acceptors (Lipinski definition) is 3. The van der Waals surface area contributed by atoms with Crippen LogP contribution < -0.4 is 0 Å². The molecule has 0 aliphatic rings. The van der Waals surface area contributed by atoms with Gasteiger partial charge in [-0.1, -0.05) is 19.8 Å². The number of hydrogen-bond donors (Lipinski definition) is 0. The normalized spacial score (nSPS) is 9.71. The van der Waals surface area contributed by atoms with Crippen LogP contribution in [0.15, 0.2) is 6.20 Å². The van der Waals surface area contributed by atoms with Gasteiger partial charge in [0.15, 0.2) is 6.29 Å². The Hall–Kier alpha value is -1.63. The van der Waals surface area contributed by atoms with E-state index in [9.17, 15) is 4.79 Å². The molecule has 1 heterocycles. The number of nitrogens with zero attached hydrogens (tertiary/aromatic N) is 3. The van der Waals surface area contributed by atoms with E-state index in [1.54, 1.807) is 4.68 Å². The lowest BCUT2D eigenvalue weighted by Crippen LogP contribution is -2.04. The maximum absolute atomic E-state index is 10.7. The zero-order valence-electron chi connectivity index (χ0n) is 8.23. The second kappa shape index (κ2) is 5.18. The molecule has 0 radical (unpaired) electrons. The zero-order valence-corrected chi connectivity index (χ0v) is 8.23. The largest absolute Gasteiger partial charge is 0.296 e. The van der Waals surface area contributed by atoms with Gasteiger partial charge in [0.2, 0.25) is 0 Å². The highest BCUT2D eigenvalue weighted by Gasteiger charge is 2.08. The molecule has 0 bridgehead atoms. The quantitative estimate of drug-likeness (QED) is 0.526. The number of aryl methyl sites for hydroxylation is 1. The van der Waals surface area contributed by atoms with Crippen LogP contribution in [0, 0.1) is 11.3 Å². The van der Waals surface area contributed by atoms with Crippen molar-refractivity contribution < 1.29 is 4.79 Å². The summed E-state index contributed by atoms with van der Waals surface area (Å²) in [4.78, 5) is 10.7. The number of unbranched alkanes of at least 4 members (excludes halogenated alkanes) is 2. The van der Waals surface area contributed by atoms with Crippen molar-refractivity contribution in [1.82, 2.24) is 9.78 Å². The van der Waals surface area contributed by atoms with Crippen LogP contribution in [-0.2, 0) is 6.54 Å². The molecule has 0 saturated heterocycles. The third-order valence-electron chi connectivity index (χ3n) is 2.09. The highest BCUT2D eigenvalue weighted by molar-refractivity contribution is 5.76. The number of nitriles is 1. The summed E-state index contributed by atoms with van der Waals surface area (Å²) in [5.74, 6) is 0. The van der Waals surface area contributed by atoms with Crippen LogP contribution in [0.4, 0.5) is 0 Å². The van der Waals surface area contributed by atoms with Crippen LogP contribution in [0.1, 0.15) is 42.2 Å². The fourth-order valence-electron chi connectivity index (χ4n) is 1.30. The topological polar surface area (TPSA) is 58.7 Å². The first-order chi connectivity index (χ1) is 6.83.